The van der Waals surface area contributed by atoms with E-state index in [0.717, 1.165) is 0 Å². The maximum atomic E-state index is 13.3. The molecule has 2 aromatic rings. The van der Waals surface area contributed by atoms with E-state index in [4.69, 9.17) is 14.2 Å². The number of ether oxygens (including phenoxy) is 3. The number of amides is 1. The first-order valence-electron chi connectivity index (χ1n) is 12.3. The third kappa shape index (κ3) is 5.99. The molecule has 8 heteroatoms. The Kier molecular flexibility index (Phi) is 8.98. The molecule has 1 N–H and O–H groups in total. The SMILES string of the molecule is CCOc1ccc(/C(O)=C2/C(=O)C(=O)N(CCN(C)C)C2c2cccc(OC(C)C)c2)c(OCC)c1. The molecule has 1 unspecified atom stereocenters. The summed E-state index contributed by atoms with van der Waals surface area (Å²) in [6, 6.07) is 11.5. The highest BCUT2D eigenvalue weighted by Gasteiger charge is 2.46. The number of rotatable bonds is 11. The molecular formula is C28H36N2O6. The second kappa shape index (κ2) is 11.9. The van der Waals surface area contributed by atoms with Crippen molar-refractivity contribution in [3.8, 4) is 17.2 Å². The van der Waals surface area contributed by atoms with Crippen molar-refractivity contribution in [3.05, 3.63) is 59.2 Å². The molecule has 2 aromatic carbocycles. The van der Waals surface area contributed by atoms with Gasteiger partial charge < -0.3 is 29.1 Å². The average molecular weight is 497 g/mol. The molecule has 1 fully saturated rings. The van der Waals surface area contributed by atoms with Crippen LogP contribution in [-0.4, -0.2) is 73.1 Å². The zero-order chi connectivity index (χ0) is 26.4. The predicted octanol–water partition coefficient (Wildman–Crippen LogP) is 4.25. The van der Waals surface area contributed by atoms with E-state index in [9.17, 15) is 14.7 Å². The summed E-state index contributed by atoms with van der Waals surface area (Å²) < 4.78 is 17.2. The van der Waals surface area contributed by atoms with Crippen LogP contribution in [0.5, 0.6) is 17.2 Å². The Morgan fingerprint density at radius 2 is 1.75 bits per heavy atom. The first kappa shape index (κ1) is 27.1. The average Bonchev–Trinajstić information content (AvgIpc) is 3.07. The lowest BCUT2D eigenvalue weighted by atomic mass is 9.94. The number of likely N-dealkylation sites (N-methyl/N-ethyl adjacent to an activating group) is 1. The van der Waals surface area contributed by atoms with E-state index in [2.05, 4.69) is 0 Å². The molecule has 0 bridgehead atoms. The molecule has 0 aromatic heterocycles. The smallest absolute Gasteiger partial charge is 0.295 e. The largest absolute Gasteiger partial charge is 0.507 e. The molecule has 3 rings (SSSR count). The summed E-state index contributed by atoms with van der Waals surface area (Å²) in [6.45, 7) is 9.26. The molecule has 1 heterocycles. The molecule has 194 valence electrons. The number of ketones is 1. The lowest BCUT2D eigenvalue weighted by molar-refractivity contribution is -0.140. The fraction of sp³-hybridized carbons (Fsp3) is 0.429. The topological polar surface area (TPSA) is 88.5 Å². The van der Waals surface area contributed by atoms with E-state index in [1.165, 1.54) is 4.90 Å². The molecule has 0 aliphatic carbocycles. The molecule has 1 saturated heterocycles. The Bertz CT molecular complexity index is 1120. The minimum atomic E-state index is -0.776. The molecule has 0 saturated carbocycles. The Balaban J connectivity index is 2.19. The van der Waals surface area contributed by atoms with Crippen molar-refractivity contribution in [1.82, 2.24) is 9.80 Å². The summed E-state index contributed by atoms with van der Waals surface area (Å²) in [5.41, 5.74) is 1.02. The third-order valence-corrected chi connectivity index (χ3v) is 5.69. The van der Waals surface area contributed by atoms with Crippen molar-refractivity contribution in [2.75, 3.05) is 40.4 Å². The highest BCUT2D eigenvalue weighted by atomic mass is 16.5. The lowest BCUT2D eigenvalue weighted by Crippen LogP contribution is -2.35. The highest BCUT2D eigenvalue weighted by molar-refractivity contribution is 6.46. The van der Waals surface area contributed by atoms with Crippen LogP contribution in [0.4, 0.5) is 0 Å². The van der Waals surface area contributed by atoms with Crippen LogP contribution in [0.2, 0.25) is 0 Å². The van der Waals surface area contributed by atoms with Crippen molar-refractivity contribution in [3.63, 3.8) is 0 Å². The van der Waals surface area contributed by atoms with E-state index in [1.54, 1.807) is 18.2 Å². The number of Topliss-reactive ketones (excluding diaryl/α,β-unsaturated/α-hetero) is 1. The summed E-state index contributed by atoms with van der Waals surface area (Å²) in [5, 5.41) is 11.5. The number of hydrogen-bond donors (Lipinski definition) is 1. The van der Waals surface area contributed by atoms with E-state index in [1.807, 2.05) is 71.0 Å². The van der Waals surface area contributed by atoms with Gasteiger partial charge in [0.25, 0.3) is 11.7 Å². The first-order chi connectivity index (χ1) is 17.2. The summed E-state index contributed by atoms with van der Waals surface area (Å²) >= 11 is 0. The van der Waals surface area contributed by atoms with E-state index >= 15 is 0 Å². The lowest BCUT2D eigenvalue weighted by Gasteiger charge is -2.27. The third-order valence-electron chi connectivity index (χ3n) is 5.69. The molecule has 0 radical (unpaired) electrons. The summed E-state index contributed by atoms with van der Waals surface area (Å²) in [6.07, 6.45) is -0.0436. The van der Waals surface area contributed by atoms with Gasteiger partial charge in [0.05, 0.1) is 36.5 Å². The highest BCUT2D eigenvalue weighted by Crippen LogP contribution is 2.42. The van der Waals surface area contributed by atoms with Gasteiger partial charge in [-0.3, -0.25) is 9.59 Å². The van der Waals surface area contributed by atoms with Crippen LogP contribution < -0.4 is 14.2 Å². The molecule has 1 aliphatic heterocycles. The van der Waals surface area contributed by atoms with Gasteiger partial charge in [0.1, 0.15) is 23.0 Å². The fourth-order valence-electron chi connectivity index (χ4n) is 4.17. The van der Waals surface area contributed by atoms with Gasteiger partial charge >= 0.3 is 0 Å². The molecule has 1 amide bonds. The number of nitrogens with zero attached hydrogens (tertiary/aromatic N) is 2. The van der Waals surface area contributed by atoms with Crippen molar-refractivity contribution >= 4 is 17.4 Å². The molecule has 0 spiro atoms. The number of carbonyl (C=O) groups is 2. The minimum absolute atomic E-state index is 0.0190. The van der Waals surface area contributed by atoms with E-state index in [-0.39, 0.29) is 17.4 Å². The quantitative estimate of drug-likeness (QED) is 0.283. The van der Waals surface area contributed by atoms with Gasteiger partial charge in [0.15, 0.2) is 0 Å². The van der Waals surface area contributed by atoms with Gasteiger partial charge in [-0.15, -0.1) is 0 Å². The molecule has 36 heavy (non-hydrogen) atoms. The van der Waals surface area contributed by atoms with Crippen molar-refractivity contribution in [2.45, 2.75) is 39.8 Å². The van der Waals surface area contributed by atoms with E-state index < -0.39 is 17.7 Å². The number of aliphatic hydroxyl groups excluding tert-OH is 1. The van der Waals surface area contributed by atoms with Crippen LogP contribution in [0.25, 0.3) is 5.76 Å². The Labute approximate surface area is 213 Å². The maximum absolute atomic E-state index is 13.3. The van der Waals surface area contributed by atoms with Crippen molar-refractivity contribution in [1.29, 1.82) is 0 Å². The molecule has 1 aliphatic rings. The van der Waals surface area contributed by atoms with E-state index in [0.29, 0.717) is 54.7 Å². The van der Waals surface area contributed by atoms with Crippen molar-refractivity contribution in [2.24, 2.45) is 0 Å². The normalized spacial score (nSPS) is 17.2. The monoisotopic (exact) mass is 496 g/mol. The van der Waals surface area contributed by atoms with Gasteiger partial charge in [-0.2, -0.15) is 0 Å². The van der Waals surface area contributed by atoms with Gasteiger partial charge in [0.2, 0.25) is 0 Å². The van der Waals surface area contributed by atoms with Crippen LogP contribution in [0, 0.1) is 0 Å². The summed E-state index contributed by atoms with van der Waals surface area (Å²) in [4.78, 5) is 30.0. The zero-order valence-electron chi connectivity index (χ0n) is 21.9. The zero-order valence-corrected chi connectivity index (χ0v) is 21.9. The number of benzene rings is 2. The Morgan fingerprint density at radius 3 is 2.39 bits per heavy atom. The maximum Gasteiger partial charge on any atom is 0.295 e. The van der Waals surface area contributed by atoms with Crippen LogP contribution in [0.15, 0.2) is 48.0 Å². The number of aliphatic hydroxyl groups is 1. The molecule has 8 nitrogen and oxygen atoms in total. The standard InChI is InChI=1S/C28H36N2O6/c1-7-34-20-12-13-22(23(17-20)35-8-2)26(31)24-25(19-10-9-11-21(16-19)36-18(3)4)30(15-14-29(5)6)28(33)27(24)32/h9-13,16-18,25,31H,7-8,14-15H2,1-6H3/b26-24-. The Morgan fingerprint density at radius 1 is 1.03 bits per heavy atom. The van der Waals surface area contributed by atoms with Crippen LogP contribution in [0.3, 0.4) is 0 Å². The number of carbonyl (C=O) groups excluding carboxylic acids is 2. The molecular weight excluding hydrogens is 460 g/mol. The first-order valence-corrected chi connectivity index (χ1v) is 12.3. The van der Waals surface area contributed by atoms with Crippen LogP contribution in [0.1, 0.15) is 44.9 Å². The summed E-state index contributed by atoms with van der Waals surface area (Å²) in [5.74, 6) is -0.0931. The van der Waals surface area contributed by atoms with Crippen LogP contribution >= 0.6 is 0 Å². The second-order valence-corrected chi connectivity index (χ2v) is 9.06. The van der Waals surface area contributed by atoms with Gasteiger partial charge in [0, 0.05) is 19.2 Å². The number of hydrogen-bond acceptors (Lipinski definition) is 7. The van der Waals surface area contributed by atoms with Gasteiger partial charge in [-0.25, -0.2) is 0 Å². The van der Waals surface area contributed by atoms with Crippen LogP contribution in [-0.2, 0) is 9.59 Å². The minimum Gasteiger partial charge on any atom is -0.507 e. The second-order valence-electron chi connectivity index (χ2n) is 9.06. The fourth-order valence-corrected chi connectivity index (χ4v) is 4.17. The predicted molar refractivity (Wildman–Crippen MR) is 139 cm³/mol. The Hall–Kier alpha value is -3.52. The van der Waals surface area contributed by atoms with Crippen molar-refractivity contribution < 1.29 is 28.9 Å². The van der Waals surface area contributed by atoms with Gasteiger partial charge in [-0.1, -0.05) is 12.1 Å². The number of likely N-dealkylation sites (tertiary alicyclic amines) is 1. The van der Waals surface area contributed by atoms with Gasteiger partial charge in [-0.05, 0) is 71.6 Å². The summed E-state index contributed by atoms with van der Waals surface area (Å²) in [7, 11) is 3.80. The molecule has 1 atom stereocenters.